The van der Waals surface area contributed by atoms with Gasteiger partial charge in [-0.3, -0.25) is 4.79 Å². The maximum absolute atomic E-state index is 13.0. The zero-order valence-electron chi connectivity index (χ0n) is 13.2. The van der Waals surface area contributed by atoms with Crippen molar-refractivity contribution in [2.75, 3.05) is 0 Å². The molecule has 4 heteroatoms. The molecule has 0 spiro atoms. The molecule has 0 amide bonds. The summed E-state index contributed by atoms with van der Waals surface area (Å²) in [5.41, 5.74) is 2.43. The van der Waals surface area contributed by atoms with E-state index in [1.807, 2.05) is 24.3 Å². The van der Waals surface area contributed by atoms with Crippen LogP contribution in [-0.4, -0.2) is 16.2 Å². The summed E-state index contributed by atoms with van der Waals surface area (Å²) in [7, 11) is 0. The van der Waals surface area contributed by atoms with Crippen molar-refractivity contribution in [3.8, 4) is 0 Å². The summed E-state index contributed by atoms with van der Waals surface area (Å²) < 4.78 is 13.0. The van der Waals surface area contributed by atoms with E-state index in [4.69, 9.17) is 0 Å². The minimum Gasteiger partial charge on any atom is -0.481 e. The van der Waals surface area contributed by atoms with Crippen LogP contribution >= 0.6 is 0 Å². The largest absolute Gasteiger partial charge is 0.481 e. The average Bonchev–Trinajstić information content (AvgIpc) is 2.53. The summed E-state index contributed by atoms with van der Waals surface area (Å²) >= 11 is 0. The van der Waals surface area contributed by atoms with Crippen LogP contribution in [-0.2, 0) is 11.2 Å². The minimum atomic E-state index is -1.18. The van der Waals surface area contributed by atoms with Gasteiger partial charge in [0.15, 0.2) is 0 Å². The predicted octanol–water partition coefficient (Wildman–Crippen LogP) is 3.93. The Kier molecular flexibility index (Phi) is 5.50. The lowest BCUT2D eigenvalue weighted by Gasteiger charge is -2.20. The molecule has 2 N–H and O–H groups in total. The SMILES string of the molecule is CC(C)c1ccc(CC(C(=O)O)C(O)c2ccc(F)cc2)cc1. The maximum Gasteiger partial charge on any atom is 0.309 e. The number of aliphatic carboxylic acids is 1. The highest BCUT2D eigenvalue weighted by molar-refractivity contribution is 5.71. The van der Waals surface area contributed by atoms with Crippen LogP contribution in [0.3, 0.4) is 0 Å². The van der Waals surface area contributed by atoms with Crippen molar-refractivity contribution in [3.05, 3.63) is 71.0 Å². The third-order valence-electron chi connectivity index (χ3n) is 4.01. The third kappa shape index (κ3) is 4.39. The first kappa shape index (κ1) is 17.2. The first-order valence-electron chi connectivity index (χ1n) is 7.63. The molecule has 2 rings (SSSR count). The number of aliphatic hydroxyl groups is 1. The highest BCUT2D eigenvalue weighted by Gasteiger charge is 2.28. The lowest BCUT2D eigenvalue weighted by molar-refractivity contribution is -0.145. The molecule has 0 saturated carbocycles. The van der Waals surface area contributed by atoms with Gasteiger partial charge in [0.05, 0.1) is 12.0 Å². The molecule has 0 saturated heterocycles. The van der Waals surface area contributed by atoms with Crippen LogP contribution in [0.1, 0.15) is 42.6 Å². The Morgan fingerprint density at radius 1 is 1.00 bits per heavy atom. The molecule has 0 fully saturated rings. The van der Waals surface area contributed by atoms with Crippen molar-refractivity contribution in [3.63, 3.8) is 0 Å². The molecular weight excluding hydrogens is 295 g/mol. The number of carboxylic acid groups (broad SMARTS) is 1. The highest BCUT2D eigenvalue weighted by Crippen LogP contribution is 2.26. The molecule has 0 aliphatic rings. The molecule has 0 aromatic heterocycles. The van der Waals surface area contributed by atoms with E-state index in [9.17, 15) is 19.4 Å². The number of carboxylic acids is 1. The number of aliphatic hydroxyl groups excluding tert-OH is 1. The summed E-state index contributed by atoms with van der Waals surface area (Å²) in [4.78, 5) is 11.5. The highest BCUT2D eigenvalue weighted by atomic mass is 19.1. The van der Waals surface area contributed by atoms with E-state index in [1.165, 1.54) is 29.8 Å². The fraction of sp³-hybridized carbons (Fsp3) is 0.316. The Morgan fingerprint density at radius 2 is 1.52 bits per heavy atom. The Morgan fingerprint density at radius 3 is 2.00 bits per heavy atom. The summed E-state index contributed by atoms with van der Waals surface area (Å²) in [6.45, 7) is 4.18. The van der Waals surface area contributed by atoms with E-state index in [0.717, 1.165) is 5.56 Å². The van der Waals surface area contributed by atoms with Crippen molar-refractivity contribution < 1.29 is 19.4 Å². The molecule has 122 valence electrons. The van der Waals surface area contributed by atoms with Gasteiger partial charge in [-0.25, -0.2) is 4.39 Å². The van der Waals surface area contributed by atoms with E-state index in [1.54, 1.807) is 0 Å². The monoisotopic (exact) mass is 316 g/mol. The summed E-state index contributed by atoms with van der Waals surface area (Å²) in [6, 6.07) is 13.0. The predicted molar refractivity (Wildman–Crippen MR) is 86.7 cm³/mol. The van der Waals surface area contributed by atoms with Crippen LogP contribution in [0.4, 0.5) is 4.39 Å². The van der Waals surface area contributed by atoms with Gasteiger partial charge in [0, 0.05) is 0 Å². The average molecular weight is 316 g/mol. The Bertz CT molecular complexity index is 647. The van der Waals surface area contributed by atoms with Crippen molar-refractivity contribution in [2.45, 2.75) is 32.3 Å². The lowest BCUT2D eigenvalue weighted by Crippen LogP contribution is -2.24. The maximum atomic E-state index is 13.0. The van der Waals surface area contributed by atoms with E-state index in [2.05, 4.69) is 13.8 Å². The molecular formula is C19H21FO3. The Labute approximate surface area is 135 Å². The number of halogens is 1. The van der Waals surface area contributed by atoms with Gasteiger partial charge < -0.3 is 10.2 Å². The molecule has 2 aromatic carbocycles. The van der Waals surface area contributed by atoms with Crippen LogP contribution < -0.4 is 0 Å². The van der Waals surface area contributed by atoms with Crippen molar-refractivity contribution in [2.24, 2.45) is 5.92 Å². The fourth-order valence-electron chi connectivity index (χ4n) is 2.52. The normalized spacial score (nSPS) is 13.8. The van der Waals surface area contributed by atoms with Crippen molar-refractivity contribution in [1.82, 2.24) is 0 Å². The molecule has 3 nitrogen and oxygen atoms in total. The van der Waals surface area contributed by atoms with E-state index >= 15 is 0 Å². The third-order valence-corrected chi connectivity index (χ3v) is 4.01. The molecule has 0 heterocycles. The quantitative estimate of drug-likeness (QED) is 0.849. The van der Waals surface area contributed by atoms with Gasteiger partial charge in [0.25, 0.3) is 0 Å². The first-order chi connectivity index (χ1) is 10.9. The topological polar surface area (TPSA) is 57.5 Å². The van der Waals surface area contributed by atoms with Crippen LogP contribution in [0.15, 0.2) is 48.5 Å². The van der Waals surface area contributed by atoms with Gasteiger partial charge in [-0.1, -0.05) is 50.2 Å². The van der Waals surface area contributed by atoms with Gasteiger partial charge >= 0.3 is 5.97 Å². The Balaban J connectivity index is 2.18. The second-order valence-corrected chi connectivity index (χ2v) is 6.04. The fourth-order valence-corrected chi connectivity index (χ4v) is 2.52. The smallest absolute Gasteiger partial charge is 0.309 e. The summed E-state index contributed by atoms with van der Waals surface area (Å²) in [6.07, 6.45) is -0.968. The zero-order chi connectivity index (χ0) is 17.0. The van der Waals surface area contributed by atoms with Gasteiger partial charge in [-0.2, -0.15) is 0 Å². The van der Waals surface area contributed by atoms with Crippen molar-refractivity contribution >= 4 is 5.97 Å². The molecule has 0 radical (unpaired) electrons. The number of hydrogen-bond acceptors (Lipinski definition) is 2. The molecule has 2 atom stereocenters. The lowest BCUT2D eigenvalue weighted by atomic mass is 9.89. The Hall–Kier alpha value is -2.20. The van der Waals surface area contributed by atoms with Gasteiger partial charge in [-0.15, -0.1) is 0 Å². The molecule has 0 aliphatic carbocycles. The molecule has 23 heavy (non-hydrogen) atoms. The zero-order valence-corrected chi connectivity index (χ0v) is 13.2. The van der Waals surface area contributed by atoms with E-state index < -0.39 is 23.8 Å². The van der Waals surface area contributed by atoms with E-state index in [-0.39, 0.29) is 6.42 Å². The van der Waals surface area contributed by atoms with Gasteiger partial charge in [0.1, 0.15) is 5.82 Å². The number of benzene rings is 2. The van der Waals surface area contributed by atoms with Crippen LogP contribution in [0.5, 0.6) is 0 Å². The summed E-state index contributed by atoms with van der Waals surface area (Å²) in [5.74, 6) is -2.07. The van der Waals surface area contributed by atoms with Gasteiger partial charge in [-0.05, 0) is 41.2 Å². The minimum absolute atomic E-state index is 0.215. The second-order valence-electron chi connectivity index (χ2n) is 6.04. The van der Waals surface area contributed by atoms with Crippen LogP contribution in [0.2, 0.25) is 0 Å². The number of hydrogen-bond donors (Lipinski definition) is 2. The first-order valence-corrected chi connectivity index (χ1v) is 7.63. The molecule has 0 bridgehead atoms. The molecule has 2 unspecified atom stereocenters. The standard InChI is InChI=1S/C19H21FO3/c1-12(2)14-5-3-13(4-6-14)11-17(19(22)23)18(21)15-7-9-16(20)10-8-15/h3-10,12,17-18,21H,11H2,1-2H3,(H,22,23). The van der Waals surface area contributed by atoms with Crippen LogP contribution in [0, 0.1) is 11.7 Å². The van der Waals surface area contributed by atoms with Crippen molar-refractivity contribution in [1.29, 1.82) is 0 Å². The number of rotatable bonds is 6. The number of carbonyl (C=O) groups is 1. The van der Waals surface area contributed by atoms with E-state index in [0.29, 0.717) is 11.5 Å². The van der Waals surface area contributed by atoms with Gasteiger partial charge in [0.2, 0.25) is 0 Å². The summed E-state index contributed by atoms with van der Waals surface area (Å²) in [5, 5.41) is 19.8. The molecule has 2 aromatic rings. The molecule has 0 aliphatic heterocycles. The second kappa shape index (κ2) is 7.38. The van der Waals surface area contributed by atoms with Crippen LogP contribution in [0.25, 0.3) is 0 Å².